The molecule has 0 saturated carbocycles. The van der Waals surface area contributed by atoms with E-state index in [0.717, 1.165) is 5.56 Å². The molecule has 0 fully saturated rings. The first kappa shape index (κ1) is 33.6. The van der Waals surface area contributed by atoms with Gasteiger partial charge in [0.15, 0.2) is 16.3 Å². The van der Waals surface area contributed by atoms with Gasteiger partial charge < -0.3 is 18.9 Å². The van der Waals surface area contributed by atoms with Crippen molar-refractivity contribution in [1.29, 1.82) is 0 Å². The largest absolute Gasteiger partial charge is 0.493 e. The molecule has 46 heavy (non-hydrogen) atoms. The van der Waals surface area contributed by atoms with E-state index in [9.17, 15) is 9.59 Å². The number of aromatic nitrogens is 1. The SMILES string of the molecule is CCOC(=O)C1=C(C)N=c2s/c(=C/c3cc(Cl)ccc3OCc3ccc(Cl)c(Cl)c3)c(=O)n2[C@@H]1c1ccc(OC(C)C)c(OC)c1. The summed E-state index contributed by atoms with van der Waals surface area (Å²) in [6.45, 7) is 7.67. The van der Waals surface area contributed by atoms with Crippen LogP contribution in [0, 0.1) is 0 Å². The number of rotatable bonds is 10. The summed E-state index contributed by atoms with van der Waals surface area (Å²) < 4.78 is 25.0. The van der Waals surface area contributed by atoms with E-state index in [4.69, 9.17) is 53.8 Å². The first-order valence-electron chi connectivity index (χ1n) is 14.4. The fourth-order valence-electron chi connectivity index (χ4n) is 5.01. The van der Waals surface area contributed by atoms with Gasteiger partial charge in [-0.2, -0.15) is 0 Å². The van der Waals surface area contributed by atoms with Crippen molar-refractivity contribution in [2.45, 2.75) is 46.4 Å². The smallest absolute Gasteiger partial charge is 0.338 e. The molecule has 0 spiro atoms. The number of hydrogen-bond acceptors (Lipinski definition) is 8. The lowest BCUT2D eigenvalue weighted by Gasteiger charge is -2.25. The van der Waals surface area contributed by atoms with Gasteiger partial charge in [0.2, 0.25) is 0 Å². The van der Waals surface area contributed by atoms with Gasteiger partial charge in [0.05, 0.1) is 51.7 Å². The second-order valence-corrected chi connectivity index (χ2v) is 12.9. The fourth-order valence-corrected chi connectivity index (χ4v) is 6.55. The number of nitrogens with zero attached hydrogens (tertiary/aromatic N) is 2. The van der Waals surface area contributed by atoms with Crippen molar-refractivity contribution >= 4 is 58.2 Å². The first-order chi connectivity index (χ1) is 22.0. The molecule has 3 aromatic carbocycles. The number of methoxy groups -OCH3 is 1. The number of hydrogen-bond donors (Lipinski definition) is 0. The average Bonchev–Trinajstić information content (AvgIpc) is 3.31. The number of benzene rings is 3. The molecule has 1 aliphatic rings. The molecule has 0 bridgehead atoms. The molecule has 1 aliphatic heterocycles. The third kappa shape index (κ3) is 7.13. The van der Waals surface area contributed by atoms with Crippen molar-refractivity contribution in [3.63, 3.8) is 0 Å². The summed E-state index contributed by atoms with van der Waals surface area (Å²) in [6, 6.07) is 14.9. The summed E-state index contributed by atoms with van der Waals surface area (Å²) in [4.78, 5) is 32.6. The normalized spacial score (nSPS) is 14.6. The van der Waals surface area contributed by atoms with Crippen LogP contribution in [-0.4, -0.2) is 30.4 Å². The van der Waals surface area contributed by atoms with Gasteiger partial charge in [-0.05, 0) is 87.4 Å². The molecule has 1 atom stereocenters. The molecule has 0 radical (unpaired) electrons. The Kier molecular flexibility index (Phi) is 10.5. The second kappa shape index (κ2) is 14.3. The molecular weight excluding hydrogens is 671 g/mol. The Balaban J connectivity index is 1.63. The Hall–Kier alpha value is -3.76. The zero-order chi connectivity index (χ0) is 33.1. The van der Waals surface area contributed by atoms with E-state index in [1.807, 2.05) is 26.0 Å². The van der Waals surface area contributed by atoms with E-state index < -0.39 is 12.0 Å². The number of allylic oxidation sites excluding steroid dienone is 1. The van der Waals surface area contributed by atoms with Gasteiger partial charge in [-0.15, -0.1) is 0 Å². The quantitative estimate of drug-likeness (QED) is 0.164. The fraction of sp³-hybridized carbons (Fsp3) is 0.265. The highest BCUT2D eigenvalue weighted by Gasteiger charge is 2.34. The number of ether oxygens (including phenoxy) is 4. The standard InChI is InChI=1S/C34H31Cl3N2O6S/c1-6-43-33(41)30-19(4)38-34-39(31(30)21-8-11-27(45-18(2)3)28(15-21)42-5)32(40)29(46-34)16-22-14-23(35)9-12-26(22)44-17-20-7-10-24(36)25(37)13-20/h7-16,18,31H,6,17H2,1-5H3/b29-16+/t31-/m1/s1. The molecule has 2 heterocycles. The maximum Gasteiger partial charge on any atom is 0.338 e. The number of esters is 1. The van der Waals surface area contributed by atoms with Crippen LogP contribution >= 0.6 is 46.1 Å². The number of fused-ring (bicyclic) bond motifs is 1. The van der Waals surface area contributed by atoms with Crippen LogP contribution in [0.1, 0.15) is 50.4 Å². The van der Waals surface area contributed by atoms with E-state index in [1.54, 1.807) is 62.4 Å². The Bertz CT molecular complexity index is 2020. The van der Waals surface area contributed by atoms with Gasteiger partial charge in [-0.3, -0.25) is 9.36 Å². The van der Waals surface area contributed by atoms with Gasteiger partial charge in [0, 0.05) is 10.6 Å². The first-order valence-corrected chi connectivity index (χ1v) is 16.4. The van der Waals surface area contributed by atoms with E-state index in [1.165, 1.54) is 23.0 Å². The highest BCUT2D eigenvalue weighted by molar-refractivity contribution is 7.07. The topological polar surface area (TPSA) is 88.4 Å². The third-order valence-corrected chi connectivity index (χ3v) is 8.98. The molecule has 0 aliphatic carbocycles. The van der Waals surface area contributed by atoms with Crippen molar-refractivity contribution < 1.29 is 23.7 Å². The van der Waals surface area contributed by atoms with E-state index in [0.29, 0.717) is 58.5 Å². The molecule has 0 amide bonds. The zero-order valence-electron chi connectivity index (χ0n) is 25.7. The van der Waals surface area contributed by atoms with Crippen LogP contribution in [0.15, 0.2) is 75.7 Å². The predicted molar refractivity (Wildman–Crippen MR) is 181 cm³/mol. The van der Waals surface area contributed by atoms with Crippen LogP contribution in [0.2, 0.25) is 15.1 Å². The minimum Gasteiger partial charge on any atom is -0.493 e. The monoisotopic (exact) mass is 700 g/mol. The molecule has 8 nitrogen and oxygen atoms in total. The Labute approximate surface area is 285 Å². The minimum absolute atomic E-state index is 0.0843. The molecule has 5 rings (SSSR count). The lowest BCUT2D eigenvalue weighted by molar-refractivity contribution is -0.139. The highest BCUT2D eigenvalue weighted by Crippen LogP contribution is 2.36. The van der Waals surface area contributed by atoms with Gasteiger partial charge in [0.25, 0.3) is 5.56 Å². The summed E-state index contributed by atoms with van der Waals surface area (Å²) in [5, 5.41) is 1.34. The zero-order valence-corrected chi connectivity index (χ0v) is 28.8. The molecule has 12 heteroatoms. The van der Waals surface area contributed by atoms with Crippen LogP contribution in [-0.2, 0) is 16.1 Å². The molecular formula is C34H31Cl3N2O6S. The minimum atomic E-state index is -0.829. The van der Waals surface area contributed by atoms with E-state index in [-0.39, 0.29) is 30.5 Å². The maximum atomic E-state index is 14.2. The molecule has 0 unspecified atom stereocenters. The summed E-state index contributed by atoms with van der Waals surface area (Å²) in [5.41, 5.74) is 2.40. The van der Waals surface area contributed by atoms with Gasteiger partial charge in [0.1, 0.15) is 12.4 Å². The number of halogens is 3. The van der Waals surface area contributed by atoms with Crippen LogP contribution in [0.25, 0.3) is 6.08 Å². The number of carbonyl (C=O) groups excluding carboxylic acids is 1. The Morgan fingerprint density at radius 3 is 2.48 bits per heavy atom. The Morgan fingerprint density at radius 1 is 1.02 bits per heavy atom. The van der Waals surface area contributed by atoms with Crippen molar-refractivity contribution in [2.24, 2.45) is 4.99 Å². The predicted octanol–water partition coefficient (Wildman–Crippen LogP) is 7.13. The maximum absolute atomic E-state index is 14.2. The average molecular weight is 702 g/mol. The van der Waals surface area contributed by atoms with Gasteiger partial charge >= 0.3 is 5.97 Å². The Morgan fingerprint density at radius 2 is 1.78 bits per heavy atom. The number of carbonyl (C=O) groups is 1. The van der Waals surface area contributed by atoms with Crippen molar-refractivity contribution in [1.82, 2.24) is 4.57 Å². The lowest BCUT2D eigenvalue weighted by atomic mass is 9.95. The number of thiazole rings is 1. The summed E-state index contributed by atoms with van der Waals surface area (Å²) in [5.74, 6) is 0.958. The van der Waals surface area contributed by atoms with Crippen molar-refractivity contribution in [3.8, 4) is 17.2 Å². The van der Waals surface area contributed by atoms with E-state index >= 15 is 0 Å². The van der Waals surface area contributed by atoms with Crippen LogP contribution < -0.4 is 29.1 Å². The van der Waals surface area contributed by atoms with Crippen molar-refractivity contribution in [2.75, 3.05) is 13.7 Å². The highest BCUT2D eigenvalue weighted by atomic mass is 35.5. The van der Waals surface area contributed by atoms with Crippen molar-refractivity contribution in [3.05, 3.63) is 117 Å². The molecule has 0 N–H and O–H groups in total. The van der Waals surface area contributed by atoms with Gasteiger partial charge in [-0.25, -0.2) is 9.79 Å². The molecule has 240 valence electrons. The van der Waals surface area contributed by atoms with Crippen LogP contribution in [0.4, 0.5) is 0 Å². The van der Waals surface area contributed by atoms with Crippen LogP contribution in [0.5, 0.6) is 17.2 Å². The van der Waals surface area contributed by atoms with Crippen LogP contribution in [0.3, 0.4) is 0 Å². The van der Waals surface area contributed by atoms with Gasteiger partial charge in [-0.1, -0.05) is 58.3 Å². The second-order valence-electron chi connectivity index (χ2n) is 10.6. The molecule has 1 aromatic heterocycles. The molecule has 4 aromatic rings. The van der Waals surface area contributed by atoms with E-state index in [2.05, 4.69) is 4.99 Å². The molecule has 0 saturated heterocycles. The summed E-state index contributed by atoms with van der Waals surface area (Å²) >= 11 is 19.8. The lowest BCUT2D eigenvalue weighted by Crippen LogP contribution is -2.40. The summed E-state index contributed by atoms with van der Waals surface area (Å²) in [7, 11) is 1.54. The third-order valence-electron chi connectivity index (χ3n) is 7.02. The summed E-state index contributed by atoms with van der Waals surface area (Å²) in [6.07, 6.45) is 1.62.